The van der Waals surface area contributed by atoms with Crippen LogP contribution in [0.4, 0.5) is 0 Å². The van der Waals surface area contributed by atoms with Crippen molar-refractivity contribution in [2.45, 2.75) is 38.9 Å². The molecular weight excluding hydrogens is 192 g/mol. The van der Waals surface area contributed by atoms with E-state index in [0.29, 0.717) is 6.42 Å². The van der Waals surface area contributed by atoms with E-state index < -0.39 is 8.24 Å². The Bertz CT molecular complexity index is 301. The topological polar surface area (TPSA) is 34.9 Å². The number of nitrogens with zero attached hydrogens (tertiary/aromatic N) is 2. The Hall–Kier alpha value is -0.903. The fraction of sp³-hybridized carbons (Fsp3) is 0.600. The molecule has 3 nitrogen and oxygen atoms in total. The van der Waals surface area contributed by atoms with Crippen molar-refractivity contribution in [1.29, 1.82) is 0 Å². The Kier molecular flexibility index (Phi) is 3.63. The summed E-state index contributed by atoms with van der Waals surface area (Å²) in [6, 6.07) is 0. The maximum Gasteiger partial charge on any atom is 0.154 e. The van der Waals surface area contributed by atoms with Gasteiger partial charge in [0.05, 0.1) is 12.0 Å². The number of rotatable bonds is 5. The number of imidazole rings is 1. The molecule has 0 saturated heterocycles. The van der Waals surface area contributed by atoms with Gasteiger partial charge in [-0.1, -0.05) is 19.6 Å². The lowest BCUT2D eigenvalue weighted by Gasteiger charge is -2.16. The fourth-order valence-electron chi connectivity index (χ4n) is 1.23. The summed E-state index contributed by atoms with van der Waals surface area (Å²) >= 11 is 0. The summed E-state index contributed by atoms with van der Waals surface area (Å²) in [7, 11) is -1.28. The molecule has 0 bridgehead atoms. The van der Waals surface area contributed by atoms with Crippen LogP contribution in [0.2, 0.25) is 19.6 Å². The Balaban J connectivity index is 2.55. The van der Waals surface area contributed by atoms with Gasteiger partial charge in [-0.3, -0.25) is 0 Å². The monoisotopic (exact) mass is 210 g/mol. The van der Waals surface area contributed by atoms with Crippen LogP contribution >= 0.6 is 0 Å². The molecule has 4 heteroatoms. The van der Waals surface area contributed by atoms with E-state index in [9.17, 15) is 4.79 Å². The van der Waals surface area contributed by atoms with Gasteiger partial charge in [-0.15, -0.1) is 0 Å². The molecule has 1 rings (SSSR count). The number of unbranched alkanes of at least 4 members (excludes halogenated alkanes) is 1. The number of carbonyl (C=O) groups is 1. The second-order valence-corrected chi connectivity index (χ2v) is 9.36. The van der Waals surface area contributed by atoms with Crippen LogP contribution in [0, 0.1) is 0 Å². The van der Waals surface area contributed by atoms with E-state index in [1.165, 1.54) is 0 Å². The molecule has 0 N–H and O–H groups in total. The van der Waals surface area contributed by atoms with Gasteiger partial charge in [-0.05, 0) is 12.8 Å². The summed E-state index contributed by atoms with van der Waals surface area (Å²) in [5, 5.41) is 0. The first-order valence-electron chi connectivity index (χ1n) is 5.01. The van der Waals surface area contributed by atoms with Crippen molar-refractivity contribution in [2.24, 2.45) is 0 Å². The molecule has 1 aromatic rings. The van der Waals surface area contributed by atoms with E-state index in [2.05, 4.69) is 35.1 Å². The van der Waals surface area contributed by atoms with Gasteiger partial charge in [-0.2, -0.15) is 0 Å². The number of aldehydes is 1. The first kappa shape index (κ1) is 11.2. The van der Waals surface area contributed by atoms with Gasteiger partial charge < -0.3 is 9.03 Å². The first-order chi connectivity index (χ1) is 6.54. The van der Waals surface area contributed by atoms with Crippen LogP contribution in [-0.2, 0) is 11.2 Å². The Morgan fingerprint density at radius 2 is 2.21 bits per heavy atom. The van der Waals surface area contributed by atoms with Gasteiger partial charge in [0.15, 0.2) is 8.24 Å². The van der Waals surface area contributed by atoms with Crippen molar-refractivity contribution in [1.82, 2.24) is 9.22 Å². The third-order valence-corrected chi connectivity index (χ3v) is 3.96. The molecule has 0 aliphatic carbocycles. The smallest absolute Gasteiger partial charge is 0.154 e. The van der Waals surface area contributed by atoms with Crippen LogP contribution < -0.4 is 0 Å². The molecule has 0 fully saturated rings. The third kappa shape index (κ3) is 3.10. The summed E-state index contributed by atoms with van der Waals surface area (Å²) in [5.41, 5.74) is 1.11. The van der Waals surface area contributed by atoms with Crippen molar-refractivity contribution in [2.75, 3.05) is 0 Å². The SMILES string of the molecule is C[Si](C)(C)n1cnc(CCCC=O)c1. The molecule has 1 heterocycles. The highest BCUT2D eigenvalue weighted by Gasteiger charge is 2.15. The largest absolute Gasteiger partial charge is 0.365 e. The summed E-state index contributed by atoms with van der Waals surface area (Å²) in [6.07, 6.45) is 7.47. The minimum Gasteiger partial charge on any atom is -0.365 e. The van der Waals surface area contributed by atoms with Crippen LogP contribution in [0.5, 0.6) is 0 Å². The molecule has 0 unspecified atom stereocenters. The van der Waals surface area contributed by atoms with Crippen molar-refractivity contribution < 1.29 is 4.79 Å². The van der Waals surface area contributed by atoms with Crippen molar-refractivity contribution >= 4 is 14.5 Å². The molecule has 0 atom stereocenters. The third-order valence-electron chi connectivity index (χ3n) is 2.17. The van der Waals surface area contributed by atoms with Crippen molar-refractivity contribution in [3.05, 3.63) is 18.2 Å². The zero-order chi connectivity index (χ0) is 10.6. The molecule has 0 spiro atoms. The van der Waals surface area contributed by atoms with E-state index in [0.717, 1.165) is 24.8 Å². The maximum atomic E-state index is 10.1. The average Bonchev–Trinajstić information content (AvgIpc) is 2.52. The molecule has 0 amide bonds. The molecule has 0 saturated carbocycles. The normalized spacial score (nSPS) is 11.6. The second-order valence-electron chi connectivity index (χ2n) is 4.50. The lowest BCUT2D eigenvalue weighted by molar-refractivity contribution is -0.107. The van der Waals surface area contributed by atoms with Crippen LogP contribution in [-0.4, -0.2) is 23.7 Å². The lowest BCUT2D eigenvalue weighted by atomic mass is 10.2. The number of aryl methyl sites for hydroxylation is 1. The standard InChI is InChI=1S/C10H18N2OSi/c1-14(2,3)12-8-10(11-9-12)6-4-5-7-13/h7-9H,4-6H2,1-3H3. The predicted molar refractivity (Wildman–Crippen MR) is 60.0 cm³/mol. The van der Waals surface area contributed by atoms with E-state index in [1.807, 2.05) is 6.33 Å². The maximum absolute atomic E-state index is 10.1. The second kappa shape index (κ2) is 4.55. The summed E-state index contributed by atoms with van der Waals surface area (Å²) < 4.78 is 2.24. The number of hydrogen-bond acceptors (Lipinski definition) is 2. The zero-order valence-corrected chi connectivity index (χ0v) is 10.2. The van der Waals surface area contributed by atoms with Crippen molar-refractivity contribution in [3.63, 3.8) is 0 Å². The van der Waals surface area contributed by atoms with Crippen LogP contribution in [0.25, 0.3) is 0 Å². The van der Waals surface area contributed by atoms with Crippen LogP contribution in [0.3, 0.4) is 0 Å². The van der Waals surface area contributed by atoms with Crippen LogP contribution in [0.1, 0.15) is 18.5 Å². The molecule has 0 aromatic carbocycles. The molecule has 0 aliphatic rings. The molecule has 78 valence electrons. The molecule has 1 aromatic heterocycles. The number of carbonyl (C=O) groups excluding carboxylic acids is 1. The van der Waals surface area contributed by atoms with Gasteiger partial charge in [0.2, 0.25) is 0 Å². The molecule has 0 aliphatic heterocycles. The highest BCUT2D eigenvalue weighted by atomic mass is 28.3. The van der Waals surface area contributed by atoms with E-state index in [4.69, 9.17) is 0 Å². The van der Waals surface area contributed by atoms with Gasteiger partial charge in [0.1, 0.15) is 6.29 Å². The molecule has 0 radical (unpaired) electrons. The highest BCUT2D eigenvalue weighted by Crippen LogP contribution is 2.08. The fourth-order valence-corrected chi connectivity index (χ4v) is 2.17. The average molecular weight is 210 g/mol. The van der Waals surface area contributed by atoms with Gasteiger partial charge in [-0.25, -0.2) is 4.98 Å². The summed E-state index contributed by atoms with van der Waals surface area (Å²) in [5.74, 6) is 0. The molecule has 14 heavy (non-hydrogen) atoms. The Labute approximate surface area is 86.2 Å². The predicted octanol–water partition coefficient (Wildman–Crippen LogP) is 2.09. The van der Waals surface area contributed by atoms with E-state index in [1.54, 1.807) is 0 Å². The quantitative estimate of drug-likeness (QED) is 0.424. The van der Waals surface area contributed by atoms with Crippen molar-refractivity contribution in [3.8, 4) is 0 Å². The lowest BCUT2D eigenvalue weighted by Crippen LogP contribution is -2.30. The number of hydrogen-bond donors (Lipinski definition) is 0. The van der Waals surface area contributed by atoms with Gasteiger partial charge in [0.25, 0.3) is 0 Å². The van der Waals surface area contributed by atoms with E-state index in [-0.39, 0.29) is 0 Å². The van der Waals surface area contributed by atoms with Gasteiger partial charge >= 0.3 is 0 Å². The van der Waals surface area contributed by atoms with Gasteiger partial charge in [0, 0.05) is 12.6 Å². The zero-order valence-electron chi connectivity index (χ0n) is 9.16. The first-order valence-corrected chi connectivity index (χ1v) is 8.46. The Morgan fingerprint density at radius 3 is 2.71 bits per heavy atom. The highest BCUT2D eigenvalue weighted by molar-refractivity contribution is 6.74. The summed E-state index contributed by atoms with van der Waals surface area (Å²) in [6.45, 7) is 6.84. The number of aromatic nitrogens is 2. The summed E-state index contributed by atoms with van der Waals surface area (Å²) in [4.78, 5) is 14.5. The van der Waals surface area contributed by atoms with Crippen LogP contribution in [0.15, 0.2) is 12.5 Å². The minimum absolute atomic E-state index is 0.639. The minimum atomic E-state index is -1.28. The molecular formula is C10H18N2OSi. The Morgan fingerprint density at radius 1 is 1.50 bits per heavy atom. The van der Waals surface area contributed by atoms with E-state index >= 15 is 0 Å².